The Morgan fingerprint density at radius 3 is 2.70 bits per heavy atom. The minimum atomic E-state index is -0.847. The first-order valence-electron chi connectivity index (χ1n) is 8.36. The van der Waals surface area contributed by atoms with Gasteiger partial charge >= 0.3 is 12.0 Å². The average Bonchev–Trinajstić information content (AvgIpc) is 3.33. The van der Waals surface area contributed by atoms with Gasteiger partial charge in [0.15, 0.2) is 0 Å². The molecule has 1 saturated carbocycles. The van der Waals surface area contributed by atoms with Gasteiger partial charge in [-0.3, -0.25) is 14.5 Å². The zero-order chi connectivity index (χ0) is 16.6. The number of ether oxygens (including phenoxy) is 1. The number of rotatable bonds is 5. The zero-order valence-corrected chi connectivity index (χ0v) is 13.7. The first kappa shape index (κ1) is 16.0. The number of carbonyl (C=O) groups is 3. The van der Waals surface area contributed by atoms with Crippen LogP contribution < -0.4 is 5.32 Å². The quantitative estimate of drug-likeness (QED) is 0.476. The van der Waals surface area contributed by atoms with Crippen molar-refractivity contribution < 1.29 is 19.1 Å². The van der Waals surface area contributed by atoms with Gasteiger partial charge < -0.3 is 10.1 Å². The molecule has 2 aliphatic carbocycles. The molecular formula is C17H24N2O4. The van der Waals surface area contributed by atoms with Crippen molar-refractivity contribution in [2.45, 2.75) is 45.1 Å². The Hall–Kier alpha value is -1.85. The summed E-state index contributed by atoms with van der Waals surface area (Å²) in [5, 5.41) is 2.73. The number of amides is 3. The van der Waals surface area contributed by atoms with Gasteiger partial charge in [-0.15, -0.1) is 0 Å². The van der Waals surface area contributed by atoms with Crippen molar-refractivity contribution in [3.8, 4) is 0 Å². The molecular weight excluding hydrogens is 296 g/mol. The number of nitrogens with one attached hydrogen (secondary N) is 1. The molecule has 1 heterocycles. The smallest absolute Gasteiger partial charge is 0.326 e. The fraction of sp³-hybridized carbons (Fsp3) is 0.706. The molecule has 3 amide bonds. The number of nitrogens with zero attached hydrogens (tertiary/aromatic N) is 1. The van der Waals surface area contributed by atoms with Crippen LogP contribution >= 0.6 is 0 Å². The van der Waals surface area contributed by atoms with Crippen molar-refractivity contribution in [2.24, 2.45) is 17.8 Å². The number of carbonyl (C=O) groups excluding carboxylic acids is 3. The van der Waals surface area contributed by atoms with E-state index >= 15 is 0 Å². The van der Waals surface area contributed by atoms with Gasteiger partial charge in [-0.2, -0.15) is 0 Å². The topological polar surface area (TPSA) is 75.7 Å². The molecule has 6 heteroatoms. The van der Waals surface area contributed by atoms with Crippen LogP contribution in [-0.4, -0.2) is 41.5 Å². The third kappa shape index (κ3) is 3.12. The van der Waals surface area contributed by atoms with E-state index in [9.17, 15) is 14.4 Å². The van der Waals surface area contributed by atoms with E-state index in [2.05, 4.69) is 24.4 Å². The predicted octanol–water partition coefficient (Wildman–Crippen LogP) is 1.85. The van der Waals surface area contributed by atoms with Crippen LogP contribution in [0.3, 0.4) is 0 Å². The van der Waals surface area contributed by atoms with E-state index in [1.807, 2.05) is 0 Å². The maximum absolute atomic E-state index is 12.4. The molecule has 3 rings (SSSR count). The van der Waals surface area contributed by atoms with Crippen molar-refractivity contribution in [2.75, 3.05) is 13.2 Å². The largest absolute Gasteiger partial charge is 0.464 e. The van der Waals surface area contributed by atoms with Crippen LogP contribution in [-0.2, 0) is 14.3 Å². The van der Waals surface area contributed by atoms with E-state index in [-0.39, 0.29) is 18.4 Å². The first-order valence-corrected chi connectivity index (χ1v) is 8.36. The number of imide groups is 1. The van der Waals surface area contributed by atoms with E-state index in [4.69, 9.17) is 4.74 Å². The second-order valence-electron chi connectivity index (χ2n) is 7.16. The van der Waals surface area contributed by atoms with Crippen molar-refractivity contribution in [1.82, 2.24) is 10.2 Å². The highest BCUT2D eigenvalue weighted by Crippen LogP contribution is 2.42. The highest BCUT2D eigenvalue weighted by molar-refractivity contribution is 6.08. The highest BCUT2D eigenvalue weighted by atomic mass is 16.5. The van der Waals surface area contributed by atoms with E-state index in [1.54, 1.807) is 6.92 Å². The Balaban J connectivity index is 1.52. The summed E-state index contributed by atoms with van der Waals surface area (Å²) in [4.78, 5) is 37.5. The minimum Gasteiger partial charge on any atom is -0.464 e. The molecule has 23 heavy (non-hydrogen) atoms. The lowest BCUT2D eigenvalue weighted by atomic mass is 9.85. The first-order chi connectivity index (χ1) is 10.9. The lowest BCUT2D eigenvalue weighted by Crippen LogP contribution is -2.46. The van der Waals surface area contributed by atoms with Crippen LogP contribution in [0.4, 0.5) is 4.79 Å². The molecule has 6 nitrogen and oxygen atoms in total. The van der Waals surface area contributed by atoms with E-state index in [1.165, 1.54) is 0 Å². The molecule has 1 N–H and O–H groups in total. The number of hydrogen-bond donors (Lipinski definition) is 1. The van der Waals surface area contributed by atoms with Gasteiger partial charge in [0, 0.05) is 0 Å². The summed E-state index contributed by atoms with van der Waals surface area (Å²) >= 11 is 0. The standard InChI is InChI=1S/C17H24N2O4/c1-11-5-3-4-6-12(11)10-23-14(20)9-19-15(21)17(2,13-7-8-13)18-16(19)22/h3-4,11-13H,5-10H2,1-2H3,(H,18,22). The van der Waals surface area contributed by atoms with Crippen molar-refractivity contribution >= 4 is 17.9 Å². The summed E-state index contributed by atoms with van der Waals surface area (Å²) < 4.78 is 5.31. The second kappa shape index (κ2) is 5.98. The molecule has 3 unspecified atom stereocenters. The minimum absolute atomic E-state index is 0.190. The Morgan fingerprint density at radius 2 is 2.04 bits per heavy atom. The molecule has 0 aromatic heterocycles. The van der Waals surface area contributed by atoms with Crippen molar-refractivity contribution in [3.05, 3.63) is 12.2 Å². The Bertz CT molecular complexity index is 555. The van der Waals surface area contributed by atoms with Crippen LogP contribution in [0.2, 0.25) is 0 Å². The number of hydrogen-bond acceptors (Lipinski definition) is 4. The zero-order valence-electron chi connectivity index (χ0n) is 13.7. The summed E-state index contributed by atoms with van der Waals surface area (Å²) in [6.07, 6.45) is 8.03. The molecule has 0 bridgehead atoms. The third-order valence-electron chi connectivity index (χ3n) is 5.36. The Labute approximate surface area is 136 Å². The van der Waals surface area contributed by atoms with Gasteiger partial charge in [0.05, 0.1) is 6.61 Å². The summed E-state index contributed by atoms with van der Waals surface area (Å²) in [6, 6.07) is -0.490. The van der Waals surface area contributed by atoms with Gasteiger partial charge in [-0.05, 0) is 50.4 Å². The van der Waals surface area contributed by atoms with Gasteiger partial charge in [0.1, 0.15) is 12.1 Å². The average molecular weight is 320 g/mol. The summed E-state index contributed by atoms with van der Waals surface area (Å²) in [5.74, 6) is 0.146. The molecule has 2 fully saturated rings. The summed E-state index contributed by atoms with van der Waals surface area (Å²) in [6.45, 7) is 3.92. The fourth-order valence-corrected chi connectivity index (χ4v) is 3.41. The molecule has 0 radical (unpaired) electrons. The molecule has 0 spiro atoms. The molecule has 0 aromatic carbocycles. The van der Waals surface area contributed by atoms with Gasteiger partial charge in [-0.1, -0.05) is 19.1 Å². The van der Waals surface area contributed by atoms with Crippen LogP contribution in [0.1, 0.15) is 39.5 Å². The van der Waals surface area contributed by atoms with E-state index in [0.29, 0.717) is 18.4 Å². The SMILES string of the molecule is CC1CC=CCC1COC(=O)CN1C(=O)NC(C)(C2CC2)C1=O. The maximum Gasteiger partial charge on any atom is 0.326 e. The summed E-state index contributed by atoms with van der Waals surface area (Å²) in [7, 11) is 0. The monoisotopic (exact) mass is 320 g/mol. The van der Waals surface area contributed by atoms with Gasteiger partial charge in [0.25, 0.3) is 5.91 Å². The normalized spacial score (nSPS) is 33.7. The molecule has 3 atom stereocenters. The molecule has 0 aromatic rings. The lowest BCUT2D eigenvalue weighted by molar-refractivity contribution is -0.149. The predicted molar refractivity (Wildman–Crippen MR) is 83.4 cm³/mol. The molecule has 1 aliphatic heterocycles. The number of allylic oxidation sites excluding steroid dienone is 2. The Morgan fingerprint density at radius 1 is 1.35 bits per heavy atom. The highest BCUT2D eigenvalue weighted by Gasteiger charge is 2.56. The maximum atomic E-state index is 12.4. The van der Waals surface area contributed by atoms with Crippen LogP contribution in [0, 0.1) is 17.8 Å². The third-order valence-corrected chi connectivity index (χ3v) is 5.36. The lowest BCUT2D eigenvalue weighted by Gasteiger charge is -2.25. The molecule has 1 saturated heterocycles. The molecule has 3 aliphatic rings. The van der Waals surface area contributed by atoms with Crippen molar-refractivity contribution in [3.63, 3.8) is 0 Å². The van der Waals surface area contributed by atoms with E-state index in [0.717, 1.165) is 30.6 Å². The molecule has 126 valence electrons. The van der Waals surface area contributed by atoms with Crippen molar-refractivity contribution in [1.29, 1.82) is 0 Å². The van der Waals surface area contributed by atoms with Gasteiger partial charge in [-0.25, -0.2) is 4.79 Å². The number of esters is 1. The van der Waals surface area contributed by atoms with Gasteiger partial charge in [0.2, 0.25) is 0 Å². The van der Waals surface area contributed by atoms with Crippen LogP contribution in [0.25, 0.3) is 0 Å². The fourth-order valence-electron chi connectivity index (χ4n) is 3.41. The Kier molecular flexibility index (Phi) is 4.17. The van der Waals surface area contributed by atoms with Crippen LogP contribution in [0.5, 0.6) is 0 Å². The summed E-state index contributed by atoms with van der Waals surface area (Å²) in [5.41, 5.74) is -0.847. The van der Waals surface area contributed by atoms with E-state index < -0.39 is 17.5 Å². The van der Waals surface area contributed by atoms with Crippen LogP contribution in [0.15, 0.2) is 12.2 Å². The number of urea groups is 1. The second-order valence-corrected chi connectivity index (χ2v) is 7.16.